The van der Waals surface area contributed by atoms with Crippen molar-refractivity contribution < 1.29 is 19.4 Å². The van der Waals surface area contributed by atoms with Gasteiger partial charge < -0.3 is 20.5 Å². The summed E-state index contributed by atoms with van der Waals surface area (Å²) < 4.78 is 5.18. The molecule has 7 heteroatoms. The number of rotatable bonds is 6. The van der Waals surface area contributed by atoms with Gasteiger partial charge in [0.1, 0.15) is 5.60 Å². The number of benzene rings is 1. The van der Waals surface area contributed by atoms with Gasteiger partial charge in [0.25, 0.3) is 0 Å². The number of hydrogen-bond acceptors (Lipinski definition) is 5. The molecule has 7 nitrogen and oxygen atoms in total. The highest BCUT2D eigenvalue weighted by Crippen LogP contribution is 2.43. The zero-order valence-electron chi connectivity index (χ0n) is 17.6. The Bertz CT molecular complexity index is 781. The molecule has 1 saturated carbocycles. The van der Waals surface area contributed by atoms with Crippen LogP contribution in [0.25, 0.3) is 0 Å². The Morgan fingerprint density at radius 2 is 2.00 bits per heavy atom. The van der Waals surface area contributed by atoms with E-state index in [2.05, 4.69) is 16.7 Å². The molecule has 0 aromatic heterocycles. The van der Waals surface area contributed by atoms with Gasteiger partial charge in [-0.2, -0.15) is 5.26 Å². The van der Waals surface area contributed by atoms with Gasteiger partial charge in [-0.25, -0.2) is 4.79 Å². The third-order valence-corrected chi connectivity index (χ3v) is 5.33. The minimum atomic E-state index is -0.907. The molecule has 0 bridgehead atoms. The molecule has 1 aromatic rings. The Morgan fingerprint density at radius 1 is 1.31 bits per heavy atom. The number of nitriles is 1. The minimum Gasteiger partial charge on any atom is -0.481 e. The number of carboxylic acid groups (broad SMARTS) is 1. The van der Waals surface area contributed by atoms with Crippen molar-refractivity contribution in [3.8, 4) is 6.07 Å². The molecular formula is C22H31N3O4. The summed E-state index contributed by atoms with van der Waals surface area (Å²) in [6, 6.07) is 9.86. The zero-order valence-corrected chi connectivity index (χ0v) is 17.6. The molecule has 158 valence electrons. The van der Waals surface area contributed by atoms with Crippen LogP contribution >= 0.6 is 0 Å². The van der Waals surface area contributed by atoms with Gasteiger partial charge in [-0.15, -0.1) is 0 Å². The van der Waals surface area contributed by atoms with Gasteiger partial charge in [-0.05, 0) is 58.1 Å². The van der Waals surface area contributed by atoms with E-state index < -0.39 is 29.0 Å². The van der Waals surface area contributed by atoms with Gasteiger partial charge in [-0.3, -0.25) is 4.79 Å². The molecule has 1 aliphatic rings. The number of nitrogens with one attached hydrogen (secondary N) is 2. The van der Waals surface area contributed by atoms with Gasteiger partial charge in [-0.1, -0.05) is 24.3 Å². The number of amides is 1. The first-order valence-electron chi connectivity index (χ1n) is 9.98. The summed E-state index contributed by atoms with van der Waals surface area (Å²) in [7, 11) is 0. The van der Waals surface area contributed by atoms with Crippen molar-refractivity contribution in [1.82, 2.24) is 10.6 Å². The predicted octanol–water partition coefficient (Wildman–Crippen LogP) is 3.12. The lowest BCUT2D eigenvalue weighted by Gasteiger charge is -2.40. The van der Waals surface area contributed by atoms with Gasteiger partial charge in [0.2, 0.25) is 0 Å². The second-order valence-electron chi connectivity index (χ2n) is 8.69. The predicted molar refractivity (Wildman–Crippen MR) is 109 cm³/mol. The normalized spacial score (nSPS) is 24.4. The molecule has 0 spiro atoms. The van der Waals surface area contributed by atoms with Crippen LogP contribution in [0.5, 0.6) is 0 Å². The third kappa shape index (κ3) is 5.94. The van der Waals surface area contributed by atoms with E-state index in [0.29, 0.717) is 25.9 Å². The fourth-order valence-corrected chi connectivity index (χ4v) is 3.98. The average Bonchev–Trinajstić information content (AvgIpc) is 2.64. The Hall–Kier alpha value is -2.59. The van der Waals surface area contributed by atoms with Crippen LogP contribution in [-0.2, 0) is 14.9 Å². The molecule has 1 fully saturated rings. The van der Waals surface area contributed by atoms with Crippen molar-refractivity contribution in [2.24, 2.45) is 5.92 Å². The smallest absolute Gasteiger partial charge is 0.407 e. The summed E-state index contributed by atoms with van der Waals surface area (Å²) in [4.78, 5) is 23.6. The Labute approximate surface area is 172 Å². The second-order valence-corrected chi connectivity index (χ2v) is 8.69. The monoisotopic (exact) mass is 401 g/mol. The zero-order chi connectivity index (χ0) is 21.7. The van der Waals surface area contributed by atoms with E-state index in [-0.39, 0.29) is 12.5 Å². The highest BCUT2D eigenvalue weighted by Gasteiger charge is 2.45. The first-order valence-corrected chi connectivity index (χ1v) is 9.98. The van der Waals surface area contributed by atoms with Gasteiger partial charge >= 0.3 is 12.1 Å². The molecule has 29 heavy (non-hydrogen) atoms. The third-order valence-electron chi connectivity index (χ3n) is 5.33. The van der Waals surface area contributed by atoms with Gasteiger partial charge in [0, 0.05) is 19.1 Å². The van der Waals surface area contributed by atoms with Crippen molar-refractivity contribution in [3.63, 3.8) is 0 Å². The standard InChI is InChI=1S/C22H31N3O4/c1-15-7-5-6-8-17(15)22(14-23)10-9-18(16(13-22)19(26)27)24-11-12-25-20(28)29-21(2,3)4/h5-8,16,18,24H,9-13H2,1-4H3,(H,25,28)(H,26,27). The molecule has 1 aromatic carbocycles. The summed E-state index contributed by atoms with van der Waals surface area (Å²) in [6.07, 6.45) is 0.933. The molecule has 0 saturated heterocycles. The van der Waals surface area contributed by atoms with Crippen LogP contribution in [0.3, 0.4) is 0 Å². The number of alkyl carbamates (subject to hydrolysis) is 1. The first kappa shape index (κ1) is 22.7. The molecule has 3 atom stereocenters. The average molecular weight is 402 g/mol. The number of nitrogens with zero attached hydrogens (tertiary/aromatic N) is 1. The number of hydrogen-bond donors (Lipinski definition) is 3. The molecule has 1 amide bonds. The molecule has 3 N–H and O–H groups in total. The molecule has 1 aliphatic carbocycles. The number of aryl methyl sites for hydroxylation is 1. The SMILES string of the molecule is Cc1ccccc1C1(C#N)CCC(NCCNC(=O)OC(C)(C)C)C(C(=O)O)C1. The summed E-state index contributed by atoms with van der Waals surface area (Å²) in [5.41, 5.74) is 0.567. The summed E-state index contributed by atoms with van der Waals surface area (Å²) >= 11 is 0. The summed E-state index contributed by atoms with van der Waals surface area (Å²) in [5.74, 6) is -1.58. The largest absolute Gasteiger partial charge is 0.481 e. The van der Waals surface area contributed by atoms with E-state index in [9.17, 15) is 20.0 Å². The van der Waals surface area contributed by atoms with Crippen molar-refractivity contribution in [1.29, 1.82) is 5.26 Å². The number of aliphatic carboxylic acids is 1. The second kappa shape index (κ2) is 9.27. The number of carboxylic acids is 1. The van der Waals surface area contributed by atoms with E-state index in [1.54, 1.807) is 20.8 Å². The topological polar surface area (TPSA) is 111 Å². The Balaban J connectivity index is 1.99. The van der Waals surface area contributed by atoms with Crippen molar-refractivity contribution in [3.05, 3.63) is 35.4 Å². The van der Waals surface area contributed by atoms with Crippen LogP contribution in [0.2, 0.25) is 0 Å². The molecular weight excluding hydrogens is 370 g/mol. The fraction of sp³-hybridized carbons (Fsp3) is 0.591. The van der Waals surface area contributed by atoms with E-state index in [0.717, 1.165) is 11.1 Å². The van der Waals surface area contributed by atoms with Crippen LogP contribution in [0.15, 0.2) is 24.3 Å². The summed E-state index contributed by atoms with van der Waals surface area (Å²) in [5, 5.41) is 25.6. The number of carbonyl (C=O) groups is 2. The quantitative estimate of drug-likeness (QED) is 0.632. The number of ether oxygens (including phenoxy) is 1. The Kier molecular flexibility index (Phi) is 7.26. The first-order chi connectivity index (χ1) is 13.6. The van der Waals surface area contributed by atoms with Crippen LogP contribution in [0, 0.1) is 24.2 Å². The molecule has 0 heterocycles. The lowest BCUT2D eigenvalue weighted by atomic mass is 9.64. The van der Waals surface area contributed by atoms with Crippen molar-refractivity contribution in [2.45, 2.75) is 64.0 Å². The lowest BCUT2D eigenvalue weighted by Crippen LogP contribution is -2.50. The van der Waals surface area contributed by atoms with E-state index in [1.807, 2.05) is 31.2 Å². The molecule has 0 aliphatic heterocycles. The van der Waals surface area contributed by atoms with E-state index >= 15 is 0 Å². The van der Waals surface area contributed by atoms with Crippen LogP contribution in [-0.4, -0.2) is 41.9 Å². The van der Waals surface area contributed by atoms with Gasteiger partial charge in [0.05, 0.1) is 17.4 Å². The molecule has 0 radical (unpaired) electrons. The van der Waals surface area contributed by atoms with Crippen LogP contribution < -0.4 is 10.6 Å². The van der Waals surface area contributed by atoms with E-state index in [4.69, 9.17) is 4.74 Å². The lowest BCUT2D eigenvalue weighted by molar-refractivity contribution is -0.144. The van der Waals surface area contributed by atoms with Crippen molar-refractivity contribution >= 4 is 12.1 Å². The fourth-order valence-electron chi connectivity index (χ4n) is 3.98. The molecule has 2 rings (SSSR count). The maximum absolute atomic E-state index is 11.9. The van der Waals surface area contributed by atoms with Crippen LogP contribution in [0.1, 0.15) is 51.2 Å². The highest BCUT2D eigenvalue weighted by atomic mass is 16.6. The molecule has 3 unspecified atom stereocenters. The van der Waals surface area contributed by atoms with Crippen molar-refractivity contribution in [2.75, 3.05) is 13.1 Å². The number of carbonyl (C=O) groups excluding carboxylic acids is 1. The highest BCUT2D eigenvalue weighted by molar-refractivity contribution is 5.72. The maximum Gasteiger partial charge on any atom is 0.407 e. The summed E-state index contributed by atoms with van der Waals surface area (Å²) in [6.45, 7) is 8.09. The maximum atomic E-state index is 11.9. The van der Waals surface area contributed by atoms with E-state index in [1.165, 1.54) is 0 Å². The minimum absolute atomic E-state index is 0.251. The Morgan fingerprint density at radius 3 is 2.59 bits per heavy atom. The van der Waals surface area contributed by atoms with Crippen LogP contribution in [0.4, 0.5) is 4.79 Å². The van der Waals surface area contributed by atoms with Gasteiger partial charge in [0.15, 0.2) is 0 Å².